The van der Waals surface area contributed by atoms with Crippen LogP contribution in [-0.4, -0.2) is 32.1 Å². The summed E-state index contributed by atoms with van der Waals surface area (Å²) in [6.45, 7) is 2.71. The zero-order chi connectivity index (χ0) is 21.8. The molecule has 6 rings (SSSR count). The van der Waals surface area contributed by atoms with Gasteiger partial charge >= 0.3 is 0 Å². The van der Waals surface area contributed by atoms with Gasteiger partial charge in [-0.25, -0.2) is 0 Å². The van der Waals surface area contributed by atoms with Crippen LogP contribution >= 0.6 is 0 Å². The maximum atomic E-state index is 13.4. The third kappa shape index (κ3) is 2.76. The minimum atomic E-state index is -0.112. The van der Waals surface area contributed by atoms with Gasteiger partial charge in [0.25, 0.3) is 5.91 Å². The van der Waals surface area contributed by atoms with Crippen molar-refractivity contribution in [1.29, 1.82) is 0 Å². The molecule has 3 aromatic heterocycles. The number of fused-ring (bicyclic) bond motifs is 3. The standard InChI is InChI=1S/C26H22N4O2/c1-16-24-21(25(29(2)28-24)20-6-3-7-23-19(20)11-14-32-23)10-13-30(16)26(31)18-8-9-22-17(15-18)5-4-12-27-22/h3-9,11-12,14-16H,10,13H2,1-2H3/t16-/m0/s1. The highest BCUT2D eigenvalue weighted by Gasteiger charge is 2.33. The summed E-state index contributed by atoms with van der Waals surface area (Å²) >= 11 is 0. The van der Waals surface area contributed by atoms with Crippen molar-refractivity contribution in [2.45, 2.75) is 19.4 Å². The minimum Gasteiger partial charge on any atom is -0.464 e. The number of carbonyl (C=O) groups excluding carboxylic acids is 1. The van der Waals surface area contributed by atoms with Crippen LogP contribution in [0, 0.1) is 0 Å². The lowest BCUT2D eigenvalue weighted by Crippen LogP contribution is -2.38. The summed E-state index contributed by atoms with van der Waals surface area (Å²) in [7, 11) is 1.97. The van der Waals surface area contributed by atoms with E-state index in [4.69, 9.17) is 9.52 Å². The average molecular weight is 422 g/mol. The van der Waals surface area contributed by atoms with Gasteiger partial charge in [-0.05, 0) is 49.7 Å². The van der Waals surface area contributed by atoms with Crippen molar-refractivity contribution in [3.8, 4) is 11.3 Å². The second kappa shape index (κ2) is 7.05. The van der Waals surface area contributed by atoms with E-state index in [1.165, 1.54) is 5.56 Å². The molecule has 32 heavy (non-hydrogen) atoms. The fourth-order valence-corrected chi connectivity index (χ4v) is 4.93. The number of nitrogens with zero attached hydrogens (tertiary/aromatic N) is 4. The van der Waals surface area contributed by atoms with Gasteiger partial charge in [-0.15, -0.1) is 0 Å². The van der Waals surface area contributed by atoms with Gasteiger partial charge in [-0.2, -0.15) is 5.10 Å². The molecule has 1 atom stereocenters. The lowest BCUT2D eigenvalue weighted by atomic mass is 9.94. The van der Waals surface area contributed by atoms with Crippen LogP contribution in [0.15, 0.2) is 71.5 Å². The molecule has 0 radical (unpaired) electrons. The first kappa shape index (κ1) is 18.8. The zero-order valence-corrected chi connectivity index (χ0v) is 17.9. The Kier molecular flexibility index (Phi) is 4.15. The Bertz CT molecular complexity index is 1500. The zero-order valence-electron chi connectivity index (χ0n) is 17.9. The average Bonchev–Trinajstić information content (AvgIpc) is 3.43. The number of aromatic nitrogens is 3. The Hall–Kier alpha value is -3.93. The lowest BCUT2D eigenvalue weighted by Gasteiger charge is -2.33. The number of carbonyl (C=O) groups is 1. The second-order valence-corrected chi connectivity index (χ2v) is 8.31. The molecular formula is C26H22N4O2. The lowest BCUT2D eigenvalue weighted by molar-refractivity contribution is 0.0674. The van der Waals surface area contributed by atoms with E-state index in [2.05, 4.69) is 18.0 Å². The molecule has 1 amide bonds. The van der Waals surface area contributed by atoms with E-state index in [0.717, 1.165) is 45.2 Å². The maximum Gasteiger partial charge on any atom is 0.254 e. The third-order valence-corrected chi connectivity index (χ3v) is 6.50. The molecule has 0 N–H and O–H groups in total. The SMILES string of the molecule is C[C@H]1c2nn(C)c(-c3cccc4occc34)c2CCN1C(=O)c1ccc2ncccc2c1. The molecule has 4 heterocycles. The van der Waals surface area contributed by atoms with Crippen LogP contribution in [-0.2, 0) is 13.5 Å². The Morgan fingerprint density at radius 1 is 1.12 bits per heavy atom. The topological polar surface area (TPSA) is 64.2 Å². The number of furan rings is 1. The van der Waals surface area contributed by atoms with Crippen LogP contribution in [0.5, 0.6) is 0 Å². The van der Waals surface area contributed by atoms with Crippen molar-refractivity contribution in [1.82, 2.24) is 19.7 Å². The number of hydrogen-bond donors (Lipinski definition) is 0. The molecule has 0 aliphatic carbocycles. The molecule has 6 nitrogen and oxygen atoms in total. The smallest absolute Gasteiger partial charge is 0.254 e. The first-order valence-electron chi connectivity index (χ1n) is 10.8. The highest BCUT2D eigenvalue weighted by atomic mass is 16.3. The molecule has 0 saturated carbocycles. The minimum absolute atomic E-state index is 0.0260. The van der Waals surface area contributed by atoms with E-state index in [9.17, 15) is 4.79 Å². The van der Waals surface area contributed by atoms with Gasteiger partial charge in [-0.1, -0.05) is 18.2 Å². The quantitative estimate of drug-likeness (QED) is 0.395. The highest BCUT2D eigenvalue weighted by molar-refractivity contribution is 5.98. The summed E-state index contributed by atoms with van der Waals surface area (Å²) in [6, 6.07) is 17.6. The van der Waals surface area contributed by atoms with Crippen molar-refractivity contribution in [2.24, 2.45) is 7.05 Å². The molecule has 6 heteroatoms. The molecular weight excluding hydrogens is 400 g/mol. The molecule has 1 aliphatic rings. The van der Waals surface area contributed by atoms with Crippen molar-refractivity contribution in [2.75, 3.05) is 6.54 Å². The molecule has 1 aliphatic heterocycles. The third-order valence-electron chi connectivity index (χ3n) is 6.50. The highest BCUT2D eigenvalue weighted by Crippen LogP contribution is 2.38. The monoisotopic (exact) mass is 422 g/mol. The Labute approximate surface area is 185 Å². The summed E-state index contributed by atoms with van der Waals surface area (Å²) in [5.74, 6) is 0.0260. The molecule has 0 unspecified atom stereocenters. The number of amides is 1. The number of hydrogen-bond acceptors (Lipinski definition) is 4. The van der Waals surface area contributed by atoms with Crippen LogP contribution in [0.25, 0.3) is 33.1 Å². The van der Waals surface area contributed by atoms with Gasteiger partial charge in [-0.3, -0.25) is 14.5 Å². The van der Waals surface area contributed by atoms with Gasteiger partial charge < -0.3 is 9.32 Å². The van der Waals surface area contributed by atoms with Crippen molar-refractivity contribution in [3.63, 3.8) is 0 Å². The first-order chi connectivity index (χ1) is 15.6. The largest absolute Gasteiger partial charge is 0.464 e. The van der Waals surface area contributed by atoms with Gasteiger partial charge in [0.1, 0.15) is 5.58 Å². The normalized spacial score (nSPS) is 15.9. The number of aryl methyl sites for hydroxylation is 1. The molecule has 158 valence electrons. The van der Waals surface area contributed by atoms with E-state index in [0.29, 0.717) is 12.1 Å². The summed E-state index contributed by atoms with van der Waals surface area (Å²) in [5, 5.41) is 6.91. The Morgan fingerprint density at radius 3 is 2.94 bits per heavy atom. The fourth-order valence-electron chi connectivity index (χ4n) is 4.93. The molecule has 0 bridgehead atoms. The first-order valence-corrected chi connectivity index (χ1v) is 10.8. The van der Waals surface area contributed by atoms with Crippen LogP contribution in [0.2, 0.25) is 0 Å². The second-order valence-electron chi connectivity index (χ2n) is 8.31. The molecule has 0 spiro atoms. The summed E-state index contributed by atoms with van der Waals surface area (Å²) in [5.41, 5.74) is 6.82. The molecule has 0 fully saturated rings. The van der Waals surface area contributed by atoms with E-state index in [1.807, 2.05) is 65.2 Å². The summed E-state index contributed by atoms with van der Waals surface area (Å²) in [4.78, 5) is 19.7. The van der Waals surface area contributed by atoms with Crippen LogP contribution < -0.4 is 0 Å². The Morgan fingerprint density at radius 2 is 2.03 bits per heavy atom. The Balaban J connectivity index is 1.38. The van der Waals surface area contributed by atoms with Crippen molar-refractivity contribution < 1.29 is 9.21 Å². The molecule has 5 aromatic rings. The van der Waals surface area contributed by atoms with Gasteiger partial charge in [0.2, 0.25) is 0 Å². The summed E-state index contributed by atoms with van der Waals surface area (Å²) in [6.07, 6.45) is 4.25. The fraction of sp³-hybridized carbons (Fsp3) is 0.192. The van der Waals surface area contributed by atoms with Crippen molar-refractivity contribution >= 4 is 27.8 Å². The summed E-state index contributed by atoms with van der Waals surface area (Å²) < 4.78 is 7.55. The molecule has 0 saturated heterocycles. The van der Waals surface area contributed by atoms with E-state index < -0.39 is 0 Å². The van der Waals surface area contributed by atoms with Crippen LogP contribution in [0.1, 0.15) is 34.6 Å². The maximum absolute atomic E-state index is 13.4. The number of benzene rings is 2. The van der Waals surface area contributed by atoms with Crippen LogP contribution in [0.4, 0.5) is 0 Å². The van der Waals surface area contributed by atoms with Gasteiger partial charge in [0, 0.05) is 47.3 Å². The predicted octanol–water partition coefficient (Wildman–Crippen LogP) is 5.14. The molecule has 2 aromatic carbocycles. The van der Waals surface area contributed by atoms with E-state index in [-0.39, 0.29) is 11.9 Å². The number of rotatable bonds is 2. The van der Waals surface area contributed by atoms with Crippen molar-refractivity contribution in [3.05, 3.63) is 83.9 Å². The van der Waals surface area contributed by atoms with Gasteiger partial charge in [0.15, 0.2) is 0 Å². The number of pyridine rings is 1. The van der Waals surface area contributed by atoms with Gasteiger partial charge in [0.05, 0.1) is 29.2 Å². The predicted molar refractivity (Wildman–Crippen MR) is 123 cm³/mol. The van der Waals surface area contributed by atoms with Crippen LogP contribution in [0.3, 0.4) is 0 Å². The van der Waals surface area contributed by atoms with E-state index >= 15 is 0 Å². The van der Waals surface area contributed by atoms with E-state index in [1.54, 1.807) is 12.5 Å².